The first-order valence-electron chi connectivity index (χ1n) is 7.08. The van der Waals surface area contributed by atoms with Crippen LogP contribution in [0, 0.1) is 0 Å². The maximum absolute atomic E-state index is 12.2. The molecule has 2 bridgehead atoms. The molecule has 13 heteroatoms. The van der Waals surface area contributed by atoms with Crippen molar-refractivity contribution in [2.24, 2.45) is 0 Å². The Labute approximate surface area is 138 Å². The summed E-state index contributed by atoms with van der Waals surface area (Å²) in [5.74, 6) is -1.02. The molecule has 0 aromatic heterocycles. The quantitative estimate of drug-likeness (QED) is 0.364. The van der Waals surface area contributed by atoms with Gasteiger partial charge in [-0.15, -0.1) is 4.28 Å². The van der Waals surface area contributed by atoms with E-state index < -0.39 is 40.3 Å². The van der Waals surface area contributed by atoms with Gasteiger partial charge in [0.1, 0.15) is 6.04 Å². The highest BCUT2D eigenvalue weighted by Crippen LogP contribution is 2.30. The van der Waals surface area contributed by atoms with E-state index in [-0.39, 0.29) is 19.5 Å². The Morgan fingerprint density at radius 2 is 2.00 bits per heavy atom. The van der Waals surface area contributed by atoms with Gasteiger partial charge < -0.3 is 9.80 Å². The van der Waals surface area contributed by atoms with Crippen molar-refractivity contribution in [1.29, 1.82) is 0 Å². The summed E-state index contributed by atoms with van der Waals surface area (Å²) in [4.78, 5) is 38.5. The van der Waals surface area contributed by atoms with E-state index in [1.165, 1.54) is 0 Å². The van der Waals surface area contributed by atoms with Crippen LogP contribution in [0.2, 0.25) is 0 Å². The fourth-order valence-electron chi connectivity index (χ4n) is 2.65. The third-order valence-electron chi connectivity index (χ3n) is 3.58. The second-order valence-corrected chi connectivity index (χ2v) is 6.79. The van der Waals surface area contributed by atoms with Crippen LogP contribution in [0.4, 0.5) is 4.79 Å². The van der Waals surface area contributed by atoms with Crippen molar-refractivity contribution < 1.29 is 31.6 Å². The summed E-state index contributed by atoms with van der Waals surface area (Å²) in [6.07, 6.45) is 0.568. The van der Waals surface area contributed by atoms with Crippen molar-refractivity contribution in [3.63, 3.8) is 0 Å². The molecule has 3 N–H and O–H groups in total. The van der Waals surface area contributed by atoms with Crippen molar-refractivity contribution >= 4 is 28.2 Å². The number of carbonyl (C=O) groups excluding carboxylic acids is 3. The Balaban J connectivity index is 1.96. The van der Waals surface area contributed by atoms with Crippen molar-refractivity contribution in [2.75, 3.05) is 27.2 Å². The molecule has 0 radical (unpaired) electrons. The van der Waals surface area contributed by atoms with E-state index in [0.29, 0.717) is 11.5 Å². The minimum Gasteiger partial charge on any atom is -0.309 e. The largest absolute Gasteiger partial charge is 0.418 e. The standard InChI is InChI=1S/C11H19N5O7S/c1-14(2)6-9(17)12-13-10(18)8-4-3-7-5-15(8)11(19)16(7)23-24(20,21)22/h7-8H,3-6H2,1-2H3,(H,12,17)(H,13,18)(H,20,21,22)/t7-,8+/m1/s1. The van der Waals surface area contributed by atoms with Gasteiger partial charge in [0.25, 0.3) is 11.8 Å². The first-order chi connectivity index (χ1) is 11.1. The summed E-state index contributed by atoms with van der Waals surface area (Å²) >= 11 is 0. The Morgan fingerprint density at radius 1 is 1.33 bits per heavy atom. The van der Waals surface area contributed by atoms with Gasteiger partial charge in [0.05, 0.1) is 12.6 Å². The molecule has 0 aliphatic carbocycles. The van der Waals surface area contributed by atoms with E-state index >= 15 is 0 Å². The molecule has 0 unspecified atom stereocenters. The molecule has 2 saturated heterocycles. The number of amides is 4. The van der Waals surface area contributed by atoms with Crippen LogP contribution < -0.4 is 10.9 Å². The third-order valence-corrected chi connectivity index (χ3v) is 3.93. The predicted molar refractivity (Wildman–Crippen MR) is 78.2 cm³/mol. The van der Waals surface area contributed by atoms with E-state index in [4.69, 9.17) is 4.55 Å². The number of carbonyl (C=O) groups is 3. The molecule has 24 heavy (non-hydrogen) atoms. The Hall–Kier alpha value is -1.96. The van der Waals surface area contributed by atoms with Crippen molar-refractivity contribution in [3.05, 3.63) is 0 Å². The van der Waals surface area contributed by atoms with Crippen molar-refractivity contribution in [2.45, 2.75) is 24.9 Å². The lowest BCUT2D eigenvalue weighted by Gasteiger charge is -2.29. The molecule has 2 aliphatic rings. The highest BCUT2D eigenvalue weighted by atomic mass is 32.3. The maximum atomic E-state index is 12.2. The number of hydrazine groups is 1. The Kier molecular flexibility index (Phi) is 5.27. The van der Waals surface area contributed by atoms with E-state index in [1.54, 1.807) is 19.0 Å². The number of urea groups is 1. The Bertz CT molecular complexity index is 637. The highest BCUT2D eigenvalue weighted by Gasteiger charge is 2.49. The van der Waals surface area contributed by atoms with Crippen LogP contribution in [0.3, 0.4) is 0 Å². The summed E-state index contributed by atoms with van der Waals surface area (Å²) in [6, 6.07) is -2.29. The molecule has 0 saturated carbocycles. The zero-order chi connectivity index (χ0) is 18.1. The van der Waals surface area contributed by atoms with Gasteiger partial charge in [-0.2, -0.15) is 13.5 Å². The molecule has 2 rings (SSSR count). The van der Waals surface area contributed by atoms with Gasteiger partial charge in [-0.3, -0.25) is 25.0 Å². The molecular formula is C11H19N5O7S. The van der Waals surface area contributed by atoms with Gasteiger partial charge in [-0.05, 0) is 26.9 Å². The normalized spacial score (nSPS) is 23.6. The molecule has 0 aromatic carbocycles. The molecule has 4 amide bonds. The smallest absolute Gasteiger partial charge is 0.309 e. The lowest BCUT2D eigenvalue weighted by atomic mass is 10.0. The lowest BCUT2D eigenvalue weighted by molar-refractivity contribution is -0.132. The van der Waals surface area contributed by atoms with Crippen molar-refractivity contribution in [3.8, 4) is 0 Å². The molecular weight excluding hydrogens is 346 g/mol. The van der Waals surface area contributed by atoms with Crippen LogP contribution in [0.5, 0.6) is 0 Å². The lowest BCUT2D eigenvalue weighted by Crippen LogP contribution is -2.55. The number of hydroxylamine groups is 2. The van der Waals surface area contributed by atoms with Gasteiger partial charge >= 0.3 is 16.4 Å². The average molecular weight is 365 g/mol. The number of piperidine rings is 1. The third kappa shape index (κ3) is 4.31. The van der Waals surface area contributed by atoms with Crippen LogP contribution >= 0.6 is 0 Å². The van der Waals surface area contributed by atoms with E-state index in [0.717, 1.165) is 4.90 Å². The van der Waals surface area contributed by atoms with Gasteiger partial charge in [-0.1, -0.05) is 0 Å². The maximum Gasteiger partial charge on any atom is 0.418 e. The molecule has 2 heterocycles. The fraction of sp³-hybridized carbons (Fsp3) is 0.727. The second kappa shape index (κ2) is 6.88. The van der Waals surface area contributed by atoms with Crippen LogP contribution in [-0.2, 0) is 24.3 Å². The summed E-state index contributed by atoms with van der Waals surface area (Å²) in [6.45, 7) is 0.156. The van der Waals surface area contributed by atoms with Gasteiger partial charge in [0.15, 0.2) is 0 Å². The molecule has 2 aliphatic heterocycles. The SMILES string of the molecule is CN(C)CC(=O)NNC(=O)[C@@H]1CC[C@@H]2CN1C(=O)N2OS(=O)(=O)O. The zero-order valence-corrected chi connectivity index (χ0v) is 13.9. The summed E-state index contributed by atoms with van der Waals surface area (Å²) in [5.41, 5.74) is 4.47. The second-order valence-electron chi connectivity index (χ2n) is 5.79. The molecule has 0 aromatic rings. The first-order valence-corrected chi connectivity index (χ1v) is 8.45. The fourth-order valence-corrected chi connectivity index (χ4v) is 3.03. The van der Waals surface area contributed by atoms with Gasteiger partial charge in [-0.25, -0.2) is 4.79 Å². The van der Waals surface area contributed by atoms with E-state index in [9.17, 15) is 22.8 Å². The number of hydrogen-bond donors (Lipinski definition) is 3. The van der Waals surface area contributed by atoms with Crippen LogP contribution in [0.1, 0.15) is 12.8 Å². The Morgan fingerprint density at radius 3 is 2.58 bits per heavy atom. The number of rotatable bonds is 5. The monoisotopic (exact) mass is 365 g/mol. The van der Waals surface area contributed by atoms with Crippen LogP contribution in [0.15, 0.2) is 0 Å². The molecule has 2 atom stereocenters. The minimum absolute atomic E-state index is 0.0750. The molecule has 136 valence electrons. The summed E-state index contributed by atoms with van der Waals surface area (Å²) in [7, 11) is -1.45. The molecule has 0 spiro atoms. The first kappa shape index (κ1) is 18.4. The van der Waals surface area contributed by atoms with Crippen LogP contribution in [-0.4, -0.2) is 84.9 Å². The molecule has 2 fully saturated rings. The highest BCUT2D eigenvalue weighted by molar-refractivity contribution is 7.80. The predicted octanol–water partition coefficient (Wildman–Crippen LogP) is -2.30. The van der Waals surface area contributed by atoms with Gasteiger partial charge in [0, 0.05) is 6.54 Å². The number of fused-ring (bicyclic) bond motifs is 2. The summed E-state index contributed by atoms with van der Waals surface area (Å²) < 4.78 is 34.6. The number of nitrogens with one attached hydrogen (secondary N) is 2. The summed E-state index contributed by atoms with van der Waals surface area (Å²) in [5, 5.41) is 0.549. The van der Waals surface area contributed by atoms with Crippen molar-refractivity contribution in [1.82, 2.24) is 25.7 Å². The zero-order valence-electron chi connectivity index (χ0n) is 13.1. The topological polar surface area (TPSA) is 149 Å². The van der Waals surface area contributed by atoms with E-state index in [1.807, 2.05) is 0 Å². The minimum atomic E-state index is -4.83. The average Bonchev–Trinajstić information content (AvgIpc) is 2.68. The van der Waals surface area contributed by atoms with E-state index in [2.05, 4.69) is 15.1 Å². The number of hydrogen-bond acceptors (Lipinski definition) is 7. The van der Waals surface area contributed by atoms with Crippen LogP contribution in [0.25, 0.3) is 0 Å². The number of likely N-dealkylation sites (N-methyl/N-ethyl adjacent to an activating group) is 1. The number of nitrogens with zero attached hydrogens (tertiary/aromatic N) is 3. The molecule has 12 nitrogen and oxygen atoms in total. The van der Waals surface area contributed by atoms with Gasteiger partial charge in [0.2, 0.25) is 0 Å².